The molecule has 0 aromatic heterocycles. The van der Waals surface area contributed by atoms with Crippen molar-refractivity contribution in [1.82, 2.24) is 0 Å². The zero-order valence-corrected chi connectivity index (χ0v) is 29.7. The van der Waals surface area contributed by atoms with Crippen LogP contribution in [0.4, 0.5) is 0 Å². The summed E-state index contributed by atoms with van der Waals surface area (Å²) in [7, 11) is 13.7. The van der Waals surface area contributed by atoms with Crippen LogP contribution in [-0.4, -0.2) is 45.9 Å². The summed E-state index contributed by atoms with van der Waals surface area (Å²) in [4.78, 5) is 0. The summed E-state index contributed by atoms with van der Waals surface area (Å²) in [5.74, 6) is -1.43. The number of hydrogen-bond acceptors (Lipinski definition) is 0. The molecule has 0 aliphatic heterocycles. The Morgan fingerprint density at radius 1 is 0.676 bits per heavy atom. The number of fused-ring (bicyclic) bond motifs is 2. The van der Waals surface area contributed by atoms with Gasteiger partial charge in [0.25, 0.3) is 0 Å². The SMILES string of the molecule is CC1=Cc2cc([PH](C)(C)C)ccc2[CH]1[Zr]([Cl])([Cl])([CH]1C(C)=Cc2cc([PH](C)(C)C)ccc21)[SiH](C)C. The maximum absolute atomic E-state index is 8.22. The molecule has 0 bridgehead atoms. The molecule has 0 nitrogen and oxygen atoms in total. The van der Waals surface area contributed by atoms with E-state index in [1.165, 1.54) is 44.0 Å². The molecule has 4 rings (SSSR count). The van der Waals surface area contributed by atoms with E-state index >= 15 is 0 Å². The monoisotopic (exact) mass is 629 g/mol. The van der Waals surface area contributed by atoms with Crippen molar-refractivity contribution >= 4 is 60.2 Å². The second-order valence-electron chi connectivity index (χ2n) is 13.2. The van der Waals surface area contributed by atoms with Crippen LogP contribution < -0.4 is 10.6 Å². The molecular formula is C28H43Cl2P2SiZr. The molecule has 6 heteroatoms. The van der Waals surface area contributed by atoms with Crippen LogP contribution in [0.25, 0.3) is 12.2 Å². The number of rotatable bonds is 5. The summed E-state index contributed by atoms with van der Waals surface area (Å²) in [6, 6.07) is 14.4. The number of allylic oxidation sites excluding steroid dienone is 2. The standard InChI is InChI=1S/2C13H18P.C2H7Si.2ClH.Zr/c2*1-10-7-11-5-6-13(14(2,3)4)9-12(11)8-10;1-3-2;;;/h2*5-9,14H,1-4H3;3H,1-2H3;2*1H;/q;;;;;+2/p-2. The molecule has 0 saturated carbocycles. The van der Waals surface area contributed by atoms with Crippen LogP contribution in [0.5, 0.6) is 0 Å². The van der Waals surface area contributed by atoms with Crippen molar-refractivity contribution in [1.29, 1.82) is 0 Å². The summed E-state index contributed by atoms with van der Waals surface area (Å²) >= 11 is -4.45. The Morgan fingerprint density at radius 2 is 1.03 bits per heavy atom. The van der Waals surface area contributed by atoms with Gasteiger partial charge in [-0.3, -0.25) is 0 Å². The van der Waals surface area contributed by atoms with Gasteiger partial charge >= 0.3 is 220 Å². The van der Waals surface area contributed by atoms with Crippen molar-refractivity contribution in [3.8, 4) is 0 Å². The zero-order valence-electron chi connectivity index (χ0n) is 22.6. The Labute approximate surface area is 218 Å². The van der Waals surface area contributed by atoms with Gasteiger partial charge in [-0.2, -0.15) is 0 Å². The summed E-state index contributed by atoms with van der Waals surface area (Å²) in [5.41, 5.74) is 8.31. The molecule has 0 spiro atoms. The molecule has 0 heterocycles. The molecule has 2 aliphatic carbocycles. The third kappa shape index (κ3) is 4.30. The average molecular weight is 632 g/mol. The van der Waals surface area contributed by atoms with Gasteiger partial charge in [0, 0.05) is 0 Å². The van der Waals surface area contributed by atoms with Crippen LogP contribution in [0, 0.1) is 0 Å². The van der Waals surface area contributed by atoms with E-state index in [0.717, 1.165) is 0 Å². The number of benzene rings is 2. The molecule has 2 aromatic rings. The molecule has 0 N–H and O–H groups in total. The normalized spacial score (nSPS) is 22.6. The number of hydrogen-bond donors (Lipinski definition) is 0. The van der Waals surface area contributed by atoms with Crippen molar-refractivity contribution in [3.63, 3.8) is 0 Å². The van der Waals surface area contributed by atoms with Crippen molar-refractivity contribution < 1.29 is 15.6 Å². The molecule has 0 amide bonds. The topological polar surface area (TPSA) is 0 Å². The fourth-order valence-electron chi connectivity index (χ4n) is 6.30. The third-order valence-electron chi connectivity index (χ3n) is 8.41. The van der Waals surface area contributed by atoms with Gasteiger partial charge in [-0.15, -0.1) is 0 Å². The van der Waals surface area contributed by atoms with Crippen LogP contribution in [0.2, 0.25) is 13.1 Å². The van der Waals surface area contributed by atoms with Crippen LogP contribution in [-0.2, 0) is 15.6 Å². The van der Waals surface area contributed by atoms with E-state index in [1.807, 2.05) is 0 Å². The third-order valence-corrected chi connectivity index (χ3v) is 64.8. The molecule has 34 heavy (non-hydrogen) atoms. The second-order valence-corrected chi connectivity index (χ2v) is 65.9. The van der Waals surface area contributed by atoms with E-state index in [2.05, 4.69) is 115 Å². The Bertz CT molecular complexity index is 1140. The fourth-order valence-corrected chi connectivity index (χ4v) is 41.6. The Balaban J connectivity index is 1.91. The first-order valence-electron chi connectivity index (χ1n) is 12.7. The van der Waals surface area contributed by atoms with E-state index < -0.39 is 36.0 Å². The van der Waals surface area contributed by atoms with Gasteiger partial charge in [0.1, 0.15) is 0 Å². The van der Waals surface area contributed by atoms with Gasteiger partial charge in [0.15, 0.2) is 0 Å². The average Bonchev–Trinajstić information content (AvgIpc) is 3.21. The van der Waals surface area contributed by atoms with Crippen LogP contribution in [0.1, 0.15) is 43.4 Å². The van der Waals surface area contributed by atoms with E-state index in [-0.39, 0.29) is 7.25 Å². The predicted molar refractivity (Wildman–Crippen MR) is 168 cm³/mol. The molecule has 2 aliphatic rings. The molecule has 0 fully saturated rings. The molecule has 2 atom stereocenters. The van der Waals surface area contributed by atoms with E-state index in [4.69, 9.17) is 17.0 Å². The number of halogens is 2. The molecule has 2 aromatic carbocycles. The van der Waals surface area contributed by atoms with Crippen molar-refractivity contribution in [2.75, 3.05) is 40.0 Å². The second kappa shape index (κ2) is 8.75. The minimum atomic E-state index is -4.45. The van der Waals surface area contributed by atoms with Crippen LogP contribution >= 0.6 is 31.6 Å². The summed E-state index contributed by atoms with van der Waals surface area (Å²) < 4.78 is 0.413. The molecule has 187 valence electrons. The van der Waals surface area contributed by atoms with Crippen LogP contribution in [0.15, 0.2) is 47.5 Å². The Morgan fingerprint density at radius 3 is 1.32 bits per heavy atom. The summed E-state index contributed by atoms with van der Waals surface area (Å²) in [6.07, 6.45) is 4.81. The first-order valence-corrected chi connectivity index (χ1v) is 36.0. The fraction of sp³-hybridized carbons (Fsp3) is 0.429. The summed E-state index contributed by atoms with van der Waals surface area (Å²) in [5, 5.41) is 3.02. The quantitative estimate of drug-likeness (QED) is 0.233. The van der Waals surface area contributed by atoms with Gasteiger partial charge in [-0.05, 0) is 0 Å². The minimum absolute atomic E-state index is 0.207. The summed E-state index contributed by atoms with van der Waals surface area (Å²) in [6.45, 7) is 24.0. The van der Waals surface area contributed by atoms with Gasteiger partial charge < -0.3 is 0 Å². The van der Waals surface area contributed by atoms with E-state index in [0.29, 0.717) is 0 Å². The molecule has 2 unspecified atom stereocenters. The Kier molecular flexibility index (Phi) is 7.08. The molecule has 0 radical (unpaired) electrons. The zero-order chi connectivity index (χ0) is 25.5. The van der Waals surface area contributed by atoms with Crippen molar-refractivity contribution in [2.24, 2.45) is 0 Å². The van der Waals surface area contributed by atoms with Crippen LogP contribution in [0.3, 0.4) is 0 Å². The van der Waals surface area contributed by atoms with Gasteiger partial charge in [-0.1, -0.05) is 0 Å². The van der Waals surface area contributed by atoms with Crippen molar-refractivity contribution in [3.05, 3.63) is 69.8 Å². The molecule has 0 saturated heterocycles. The van der Waals surface area contributed by atoms with Gasteiger partial charge in [-0.25, -0.2) is 0 Å². The first-order chi connectivity index (χ1) is 15.5. The first kappa shape index (κ1) is 27.5. The van der Waals surface area contributed by atoms with Gasteiger partial charge in [0.2, 0.25) is 0 Å². The van der Waals surface area contributed by atoms with Gasteiger partial charge in [0.05, 0.1) is 0 Å². The Hall–Kier alpha value is 0.460. The van der Waals surface area contributed by atoms with Crippen molar-refractivity contribution in [2.45, 2.75) is 34.2 Å². The van der Waals surface area contributed by atoms with E-state index in [9.17, 15) is 0 Å². The predicted octanol–water partition coefficient (Wildman–Crippen LogP) is 7.81. The molecular weight excluding hydrogens is 588 g/mol. The van der Waals surface area contributed by atoms with E-state index in [1.54, 1.807) is 0 Å². The maximum atomic E-state index is 8.22.